The van der Waals surface area contributed by atoms with Crippen molar-refractivity contribution >= 4 is 43.8 Å². The van der Waals surface area contributed by atoms with E-state index in [2.05, 4.69) is 25.9 Å². The molecule has 1 heterocycles. The Bertz CT molecular complexity index is 480. The van der Waals surface area contributed by atoms with Crippen LogP contribution in [-0.2, 0) is 0 Å². The first-order chi connectivity index (χ1) is 6.18. The number of hydrogen-bond donors (Lipinski definition) is 1. The van der Waals surface area contributed by atoms with E-state index >= 15 is 0 Å². The Hall–Kier alpha value is -0.870. The number of carbonyl (C=O) groups is 1. The van der Waals surface area contributed by atoms with Crippen LogP contribution in [0.4, 0.5) is 0 Å². The monoisotopic (exact) mass is 258 g/mol. The van der Waals surface area contributed by atoms with Crippen LogP contribution in [0.1, 0.15) is 10.4 Å². The number of benzene rings is 1. The lowest BCUT2D eigenvalue weighted by Gasteiger charge is -1.97. The van der Waals surface area contributed by atoms with Crippen LogP contribution in [0.25, 0.3) is 11.0 Å². The first-order valence-corrected chi connectivity index (χ1v) is 4.68. The van der Waals surface area contributed by atoms with Crippen molar-refractivity contribution in [3.8, 4) is 0 Å². The van der Waals surface area contributed by atoms with Crippen LogP contribution in [0.3, 0.4) is 0 Å². The summed E-state index contributed by atoms with van der Waals surface area (Å²) in [6, 6.07) is 3.42. The smallest absolute Gasteiger partial charge is 0.253 e. The van der Waals surface area contributed by atoms with Crippen molar-refractivity contribution in [2.75, 3.05) is 0 Å². The minimum atomic E-state index is -0.489. The molecular formula is C8H4BrClN2O. The van der Waals surface area contributed by atoms with Crippen LogP contribution >= 0.6 is 27.5 Å². The van der Waals surface area contributed by atoms with E-state index in [-0.39, 0.29) is 0 Å². The number of aromatic nitrogens is 2. The number of halogens is 2. The molecule has 0 radical (unpaired) electrons. The summed E-state index contributed by atoms with van der Waals surface area (Å²) in [5.41, 5.74) is 2.03. The predicted molar refractivity (Wildman–Crippen MR) is 54.0 cm³/mol. The van der Waals surface area contributed by atoms with Crippen molar-refractivity contribution in [3.63, 3.8) is 0 Å². The van der Waals surface area contributed by atoms with Gasteiger partial charge in [-0.2, -0.15) is 0 Å². The van der Waals surface area contributed by atoms with Crippen molar-refractivity contribution in [2.24, 2.45) is 0 Å². The average Bonchev–Trinajstić information content (AvgIpc) is 2.48. The molecule has 13 heavy (non-hydrogen) atoms. The van der Waals surface area contributed by atoms with E-state index in [4.69, 9.17) is 11.6 Å². The molecule has 1 N–H and O–H groups in total. The molecule has 1 aromatic carbocycles. The standard InChI is InChI=1S/C8H4BrClN2O/c9-5-2-7-6(11-3-12-7)1-4(5)8(10)13/h1-3H,(H,11,12). The molecule has 5 heteroatoms. The summed E-state index contributed by atoms with van der Waals surface area (Å²) in [4.78, 5) is 17.9. The maximum Gasteiger partial charge on any atom is 0.253 e. The van der Waals surface area contributed by atoms with Crippen molar-refractivity contribution in [1.29, 1.82) is 0 Å². The number of H-pyrrole nitrogens is 1. The predicted octanol–water partition coefficient (Wildman–Crippen LogP) is 2.70. The summed E-state index contributed by atoms with van der Waals surface area (Å²) in [5, 5.41) is -0.489. The highest BCUT2D eigenvalue weighted by Crippen LogP contribution is 2.23. The SMILES string of the molecule is O=C(Cl)c1cc2nc[nH]c2cc1Br. The Kier molecular flexibility index (Phi) is 2.09. The fourth-order valence-electron chi connectivity index (χ4n) is 1.11. The summed E-state index contributed by atoms with van der Waals surface area (Å²) in [5.74, 6) is 0. The van der Waals surface area contributed by atoms with Gasteiger partial charge in [-0.25, -0.2) is 4.98 Å². The van der Waals surface area contributed by atoms with E-state index in [0.29, 0.717) is 10.0 Å². The molecule has 0 aliphatic rings. The number of aromatic amines is 1. The van der Waals surface area contributed by atoms with Gasteiger partial charge in [-0.15, -0.1) is 0 Å². The molecule has 0 aliphatic carbocycles. The van der Waals surface area contributed by atoms with E-state index in [1.807, 2.05) is 0 Å². The van der Waals surface area contributed by atoms with Gasteiger partial charge in [0.25, 0.3) is 5.24 Å². The van der Waals surface area contributed by atoms with E-state index < -0.39 is 5.24 Å². The molecule has 0 aliphatic heterocycles. The zero-order valence-corrected chi connectivity index (χ0v) is 8.69. The quantitative estimate of drug-likeness (QED) is 0.800. The van der Waals surface area contributed by atoms with Gasteiger partial charge in [-0.05, 0) is 39.7 Å². The molecule has 0 fully saturated rings. The number of carbonyl (C=O) groups excluding carboxylic acids is 1. The number of nitrogens with one attached hydrogen (secondary N) is 1. The summed E-state index contributed by atoms with van der Waals surface area (Å²) in [6.07, 6.45) is 1.57. The molecule has 0 unspecified atom stereocenters. The second-order valence-electron chi connectivity index (χ2n) is 2.53. The molecule has 0 saturated heterocycles. The average molecular weight is 259 g/mol. The second kappa shape index (κ2) is 3.12. The van der Waals surface area contributed by atoms with Crippen LogP contribution in [0.2, 0.25) is 0 Å². The lowest BCUT2D eigenvalue weighted by molar-refractivity contribution is 0.108. The molecule has 0 amide bonds. The molecular weight excluding hydrogens is 255 g/mol. The highest BCUT2D eigenvalue weighted by atomic mass is 79.9. The Morgan fingerprint density at radius 3 is 3.00 bits per heavy atom. The molecule has 66 valence electrons. The fourth-order valence-corrected chi connectivity index (χ4v) is 1.90. The number of hydrogen-bond acceptors (Lipinski definition) is 2. The van der Waals surface area contributed by atoms with E-state index in [1.54, 1.807) is 18.5 Å². The normalized spacial score (nSPS) is 10.6. The third kappa shape index (κ3) is 1.47. The summed E-state index contributed by atoms with van der Waals surface area (Å²) in [6.45, 7) is 0. The van der Waals surface area contributed by atoms with Crippen LogP contribution in [0.5, 0.6) is 0 Å². The van der Waals surface area contributed by atoms with Crippen molar-refractivity contribution < 1.29 is 4.79 Å². The van der Waals surface area contributed by atoms with E-state index in [9.17, 15) is 4.79 Å². The molecule has 1 aromatic heterocycles. The highest BCUT2D eigenvalue weighted by molar-refractivity contribution is 9.10. The zero-order valence-electron chi connectivity index (χ0n) is 6.34. The Morgan fingerprint density at radius 1 is 1.54 bits per heavy atom. The zero-order chi connectivity index (χ0) is 9.42. The lowest BCUT2D eigenvalue weighted by Crippen LogP contribution is -1.90. The van der Waals surface area contributed by atoms with E-state index in [1.165, 1.54) is 0 Å². The van der Waals surface area contributed by atoms with Gasteiger partial charge in [0.05, 0.1) is 22.9 Å². The summed E-state index contributed by atoms with van der Waals surface area (Å²) < 4.78 is 0.671. The largest absolute Gasteiger partial charge is 0.345 e. The molecule has 2 rings (SSSR count). The fraction of sp³-hybridized carbons (Fsp3) is 0. The highest BCUT2D eigenvalue weighted by Gasteiger charge is 2.09. The first kappa shape index (κ1) is 8.72. The number of nitrogens with zero attached hydrogens (tertiary/aromatic N) is 1. The van der Waals surface area contributed by atoms with Gasteiger partial charge < -0.3 is 4.98 Å². The van der Waals surface area contributed by atoms with Crippen LogP contribution in [0.15, 0.2) is 22.9 Å². The van der Waals surface area contributed by atoms with Crippen molar-refractivity contribution in [2.45, 2.75) is 0 Å². The minimum Gasteiger partial charge on any atom is -0.345 e. The summed E-state index contributed by atoms with van der Waals surface area (Å²) in [7, 11) is 0. The van der Waals surface area contributed by atoms with Crippen LogP contribution in [-0.4, -0.2) is 15.2 Å². The maximum atomic E-state index is 10.9. The molecule has 0 bridgehead atoms. The number of imidazole rings is 1. The van der Waals surface area contributed by atoms with Gasteiger partial charge in [0.2, 0.25) is 0 Å². The third-order valence-corrected chi connectivity index (χ3v) is 2.58. The molecule has 0 spiro atoms. The number of fused-ring (bicyclic) bond motifs is 1. The van der Waals surface area contributed by atoms with Crippen molar-refractivity contribution in [1.82, 2.24) is 9.97 Å². The van der Waals surface area contributed by atoms with Crippen LogP contribution in [0, 0.1) is 0 Å². The van der Waals surface area contributed by atoms with Crippen molar-refractivity contribution in [3.05, 3.63) is 28.5 Å². The van der Waals surface area contributed by atoms with Gasteiger partial charge in [0.1, 0.15) is 0 Å². The Morgan fingerprint density at radius 2 is 2.31 bits per heavy atom. The van der Waals surface area contributed by atoms with E-state index in [0.717, 1.165) is 11.0 Å². The maximum absolute atomic E-state index is 10.9. The second-order valence-corrected chi connectivity index (χ2v) is 3.72. The summed E-state index contributed by atoms with van der Waals surface area (Å²) >= 11 is 8.62. The van der Waals surface area contributed by atoms with Gasteiger partial charge in [0.15, 0.2) is 0 Å². The lowest BCUT2D eigenvalue weighted by atomic mass is 10.2. The molecule has 0 atom stereocenters. The number of rotatable bonds is 1. The first-order valence-electron chi connectivity index (χ1n) is 3.51. The topological polar surface area (TPSA) is 45.8 Å². The Labute approximate surface area is 87.2 Å². The van der Waals surface area contributed by atoms with Gasteiger partial charge in [-0.3, -0.25) is 4.79 Å². The third-order valence-electron chi connectivity index (χ3n) is 1.72. The van der Waals surface area contributed by atoms with Crippen LogP contribution < -0.4 is 0 Å². The Balaban J connectivity index is 2.76. The molecule has 2 aromatic rings. The van der Waals surface area contributed by atoms with Gasteiger partial charge in [0, 0.05) is 4.47 Å². The minimum absolute atomic E-state index is 0.432. The molecule has 3 nitrogen and oxygen atoms in total. The molecule has 0 saturated carbocycles. The van der Waals surface area contributed by atoms with Gasteiger partial charge >= 0.3 is 0 Å². The van der Waals surface area contributed by atoms with Gasteiger partial charge in [-0.1, -0.05) is 0 Å².